The van der Waals surface area contributed by atoms with Gasteiger partial charge in [-0.05, 0) is 18.6 Å². The van der Waals surface area contributed by atoms with Gasteiger partial charge >= 0.3 is 0 Å². The Morgan fingerprint density at radius 3 is 2.83 bits per heavy atom. The highest BCUT2D eigenvalue weighted by atomic mass is 32.2. The number of sulfone groups is 1. The summed E-state index contributed by atoms with van der Waals surface area (Å²) in [5.41, 5.74) is 6.35. The number of nitrogen functional groups attached to an aromatic ring is 1. The first kappa shape index (κ1) is 15.9. The normalized spacial score (nSPS) is 18.1. The van der Waals surface area contributed by atoms with E-state index in [0.717, 1.165) is 29.6 Å². The van der Waals surface area contributed by atoms with Crippen molar-refractivity contribution >= 4 is 26.7 Å². The summed E-state index contributed by atoms with van der Waals surface area (Å²) in [6.07, 6.45) is 2.54. The molecule has 124 valence electrons. The third-order valence-electron chi connectivity index (χ3n) is 3.90. The van der Waals surface area contributed by atoms with Crippen LogP contribution in [0.3, 0.4) is 0 Å². The first-order chi connectivity index (χ1) is 11.0. The molecule has 1 fully saturated rings. The quantitative estimate of drug-likeness (QED) is 0.803. The number of anilines is 1. The van der Waals surface area contributed by atoms with Crippen molar-refractivity contribution in [3.05, 3.63) is 24.4 Å². The van der Waals surface area contributed by atoms with Crippen LogP contribution in [0, 0.1) is 0 Å². The molecule has 0 radical (unpaired) electrons. The monoisotopic (exact) mass is 336 g/mol. The average molecular weight is 336 g/mol. The molecular formula is C15H20N4O3S. The molecule has 7 nitrogen and oxygen atoms in total. The summed E-state index contributed by atoms with van der Waals surface area (Å²) in [7, 11) is -2.81. The average Bonchev–Trinajstić information content (AvgIpc) is 2.52. The first-order valence-electron chi connectivity index (χ1n) is 7.60. The molecule has 0 saturated carbocycles. The third kappa shape index (κ3) is 4.29. The van der Waals surface area contributed by atoms with Crippen LogP contribution in [0.25, 0.3) is 10.9 Å². The van der Waals surface area contributed by atoms with Gasteiger partial charge in [0.25, 0.3) is 0 Å². The van der Waals surface area contributed by atoms with E-state index in [0.29, 0.717) is 19.7 Å². The Labute approximate surface area is 135 Å². The van der Waals surface area contributed by atoms with Crippen LogP contribution < -0.4 is 10.5 Å². The Balaban J connectivity index is 1.47. The molecule has 1 saturated heterocycles. The fourth-order valence-electron chi connectivity index (χ4n) is 2.56. The number of nitrogens with zero attached hydrogens (tertiary/aromatic N) is 3. The number of hydrogen-bond donors (Lipinski definition) is 1. The van der Waals surface area contributed by atoms with Crippen molar-refractivity contribution in [2.45, 2.75) is 6.42 Å². The summed E-state index contributed by atoms with van der Waals surface area (Å²) in [4.78, 5) is 10.3. The van der Waals surface area contributed by atoms with Crippen LogP contribution in [-0.2, 0) is 9.84 Å². The SMILES string of the molecule is Nc1ncc2ccc(OCCCN3CCS(=O)(=O)CC3)cc2n1. The number of benzene rings is 1. The maximum absolute atomic E-state index is 11.4. The van der Waals surface area contributed by atoms with Crippen LogP contribution in [0.4, 0.5) is 5.95 Å². The second kappa shape index (κ2) is 6.67. The summed E-state index contributed by atoms with van der Waals surface area (Å²) < 4.78 is 28.5. The Hall–Kier alpha value is -1.93. The van der Waals surface area contributed by atoms with Crippen molar-refractivity contribution in [2.24, 2.45) is 0 Å². The van der Waals surface area contributed by atoms with Gasteiger partial charge in [0.2, 0.25) is 5.95 Å². The van der Waals surface area contributed by atoms with Crippen molar-refractivity contribution in [3.8, 4) is 5.75 Å². The zero-order valence-electron chi connectivity index (χ0n) is 12.8. The molecule has 1 aliphatic heterocycles. The Morgan fingerprint density at radius 2 is 2.04 bits per heavy atom. The van der Waals surface area contributed by atoms with Crippen LogP contribution in [0.2, 0.25) is 0 Å². The molecule has 0 unspecified atom stereocenters. The van der Waals surface area contributed by atoms with Crippen LogP contribution in [0.15, 0.2) is 24.4 Å². The molecule has 23 heavy (non-hydrogen) atoms. The zero-order chi connectivity index (χ0) is 16.3. The lowest BCUT2D eigenvalue weighted by Crippen LogP contribution is -2.40. The van der Waals surface area contributed by atoms with Gasteiger partial charge in [0, 0.05) is 37.3 Å². The fraction of sp³-hybridized carbons (Fsp3) is 0.467. The molecule has 1 aromatic heterocycles. The van der Waals surface area contributed by atoms with Crippen molar-refractivity contribution in [1.29, 1.82) is 0 Å². The largest absolute Gasteiger partial charge is 0.493 e. The number of aromatic nitrogens is 2. The van der Waals surface area contributed by atoms with E-state index in [1.807, 2.05) is 18.2 Å². The van der Waals surface area contributed by atoms with Gasteiger partial charge in [-0.25, -0.2) is 18.4 Å². The summed E-state index contributed by atoms with van der Waals surface area (Å²) >= 11 is 0. The van der Waals surface area contributed by atoms with Gasteiger partial charge in [0.05, 0.1) is 23.6 Å². The minimum Gasteiger partial charge on any atom is -0.493 e. The highest BCUT2D eigenvalue weighted by Crippen LogP contribution is 2.19. The summed E-state index contributed by atoms with van der Waals surface area (Å²) in [6, 6.07) is 5.63. The van der Waals surface area contributed by atoms with E-state index in [4.69, 9.17) is 10.5 Å². The maximum Gasteiger partial charge on any atom is 0.220 e. The number of fused-ring (bicyclic) bond motifs is 1. The number of nitrogens with two attached hydrogens (primary N) is 1. The van der Waals surface area contributed by atoms with Crippen molar-refractivity contribution in [3.63, 3.8) is 0 Å². The zero-order valence-corrected chi connectivity index (χ0v) is 13.6. The van der Waals surface area contributed by atoms with Crippen LogP contribution in [0.1, 0.15) is 6.42 Å². The minimum atomic E-state index is -2.81. The van der Waals surface area contributed by atoms with Crippen LogP contribution in [-0.4, -0.2) is 61.0 Å². The fourth-order valence-corrected chi connectivity index (χ4v) is 3.84. The van der Waals surface area contributed by atoms with E-state index in [-0.39, 0.29) is 17.5 Å². The van der Waals surface area contributed by atoms with E-state index < -0.39 is 9.84 Å². The predicted molar refractivity (Wildman–Crippen MR) is 89.2 cm³/mol. The van der Waals surface area contributed by atoms with Crippen LogP contribution in [0.5, 0.6) is 5.75 Å². The molecule has 3 rings (SSSR count). The molecule has 2 N–H and O–H groups in total. The highest BCUT2D eigenvalue weighted by Gasteiger charge is 2.20. The molecule has 1 aromatic carbocycles. The molecule has 2 aromatic rings. The van der Waals surface area contributed by atoms with E-state index in [1.165, 1.54) is 0 Å². The Bertz CT molecular complexity index is 780. The standard InChI is InChI=1S/C15H20N4O3S/c16-15-17-11-12-2-3-13(10-14(12)18-15)22-7-1-4-19-5-8-23(20,21)9-6-19/h2-3,10-11H,1,4-9H2,(H2,16,17,18). The Morgan fingerprint density at radius 1 is 1.26 bits per heavy atom. The summed E-state index contributed by atoms with van der Waals surface area (Å²) in [5, 5.41) is 0.918. The lowest BCUT2D eigenvalue weighted by Gasteiger charge is -2.26. The second-order valence-electron chi connectivity index (χ2n) is 5.64. The number of rotatable bonds is 5. The first-order valence-corrected chi connectivity index (χ1v) is 9.42. The number of hydrogen-bond acceptors (Lipinski definition) is 7. The van der Waals surface area contributed by atoms with Crippen molar-refractivity contribution < 1.29 is 13.2 Å². The van der Waals surface area contributed by atoms with Gasteiger partial charge in [-0.2, -0.15) is 0 Å². The molecule has 0 amide bonds. The summed E-state index contributed by atoms with van der Waals surface area (Å²) in [5.74, 6) is 1.52. The van der Waals surface area contributed by atoms with E-state index in [1.54, 1.807) is 6.20 Å². The molecule has 0 spiro atoms. The molecule has 0 aliphatic carbocycles. The molecular weight excluding hydrogens is 316 g/mol. The molecule has 0 bridgehead atoms. The van der Waals surface area contributed by atoms with E-state index in [9.17, 15) is 8.42 Å². The number of ether oxygens (including phenoxy) is 1. The summed E-state index contributed by atoms with van der Waals surface area (Å²) in [6.45, 7) is 2.66. The predicted octanol–water partition coefficient (Wildman–Crippen LogP) is 0.711. The van der Waals surface area contributed by atoms with E-state index >= 15 is 0 Å². The highest BCUT2D eigenvalue weighted by molar-refractivity contribution is 7.91. The smallest absolute Gasteiger partial charge is 0.220 e. The van der Waals surface area contributed by atoms with Crippen molar-refractivity contribution in [1.82, 2.24) is 14.9 Å². The Kier molecular flexibility index (Phi) is 4.63. The molecule has 1 aliphatic rings. The topological polar surface area (TPSA) is 98.4 Å². The molecule has 2 heterocycles. The van der Waals surface area contributed by atoms with Crippen LogP contribution >= 0.6 is 0 Å². The van der Waals surface area contributed by atoms with E-state index in [2.05, 4.69) is 14.9 Å². The van der Waals surface area contributed by atoms with Gasteiger partial charge < -0.3 is 15.4 Å². The third-order valence-corrected chi connectivity index (χ3v) is 5.51. The van der Waals surface area contributed by atoms with Gasteiger partial charge in [-0.3, -0.25) is 0 Å². The lowest BCUT2D eigenvalue weighted by atomic mass is 10.2. The second-order valence-corrected chi connectivity index (χ2v) is 7.95. The van der Waals surface area contributed by atoms with Gasteiger partial charge in [0.1, 0.15) is 5.75 Å². The lowest BCUT2D eigenvalue weighted by molar-refractivity contribution is 0.246. The van der Waals surface area contributed by atoms with Gasteiger partial charge in [0.15, 0.2) is 9.84 Å². The molecule has 8 heteroatoms. The molecule has 0 atom stereocenters. The van der Waals surface area contributed by atoms with Gasteiger partial charge in [-0.15, -0.1) is 0 Å². The maximum atomic E-state index is 11.4. The minimum absolute atomic E-state index is 0.245. The van der Waals surface area contributed by atoms with Crippen molar-refractivity contribution in [2.75, 3.05) is 43.5 Å². The van der Waals surface area contributed by atoms with Gasteiger partial charge in [-0.1, -0.05) is 0 Å².